The van der Waals surface area contributed by atoms with Crippen LogP contribution in [-0.4, -0.2) is 11.9 Å². The Balaban J connectivity index is 2.01. The van der Waals surface area contributed by atoms with Gasteiger partial charge in [0.05, 0.1) is 6.07 Å². The summed E-state index contributed by atoms with van der Waals surface area (Å²) in [5, 5.41) is 9.19. The molecule has 1 aromatic carbocycles. The van der Waals surface area contributed by atoms with Crippen LogP contribution in [0.2, 0.25) is 0 Å². The number of hydrogen-bond acceptors (Lipinski definition) is 2. The van der Waals surface area contributed by atoms with Gasteiger partial charge in [-0.25, -0.2) is 0 Å². The third kappa shape index (κ3) is 1.53. The Bertz CT molecular complexity index is 540. The summed E-state index contributed by atoms with van der Waals surface area (Å²) in [5.74, 6) is 0.00431. The number of nitriles is 1. The van der Waals surface area contributed by atoms with Gasteiger partial charge in [-0.2, -0.15) is 5.26 Å². The van der Waals surface area contributed by atoms with E-state index in [1.54, 1.807) is 0 Å². The molecular weight excluding hydrogens is 224 g/mol. The number of aryl methyl sites for hydroxylation is 1. The molecule has 0 N–H and O–H groups in total. The van der Waals surface area contributed by atoms with E-state index in [0.717, 1.165) is 18.5 Å². The van der Waals surface area contributed by atoms with E-state index in [1.165, 1.54) is 5.56 Å². The minimum atomic E-state index is -0.724. The fourth-order valence-corrected chi connectivity index (χ4v) is 2.73. The molecule has 0 spiro atoms. The van der Waals surface area contributed by atoms with E-state index in [-0.39, 0.29) is 11.9 Å². The Morgan fingerprint density at radius 2 is 2.17 bits per heavy atom. The number of rotatable bonds is 1. The van der Waals surface area contributed by atoms with Crippen LogP contribution in [0.25, 0.3) is 0 Å². The van der Waals surface area contributed by atoms with Crippen molar-refractivity contribution in [1.82, 2.24) is 0 Å². The number of fused-ring (bicyclic) bond motifs is 1. The maximum atomic E-state index is 12.6. The lowest BCUT2D eigenvalue weighted by atomic mass is 9.94. The summed E-state index contributed by atoms with van der Waals surface area (Å²) in [6.07, 6.45) is 3.42. The Morgan fingerprint density at radius 3 is 2.83 bits per heavy atom. The largest absolute Gasteiger partial charge is 0.308 e. The van der Waals surface area contributed by atoms with Crippen molar-refractivity contribution in [2.45, 2.75) is 38.6 Å². The average molecular weight is 240 g/mol. The van der Waals surface area contributed by atoms with Gasteiger partial charge < -0.3 is 4.90 Å². The molecule has 1 aliphatic heterocycles. The Labute approximate surface area is 107 Å². The monoisotopic (exact) mass is 240 g/mol. The highest BCUT2D eigenvalue weighted by Crippen LogP contribution is 2.48. The molecule has 2 aliphatic rings. The van der Waals surface area contributed by atoms with E-state index < -0.39 is 5.41 Å². The summed E-state index contributed by atoms with van der Waals surface area (Å²) in [6, 6.07) is 10.4. The Kier molecular flexibility index (Phi) is 2.41. The number of carbonyl (C=O) groups is 1. The second-order valence-electron chi connectivity index (χ2n) is 5.39. The quantitative estimate of drug-likeness (QED) is 0.757. The molecule has 1 atom stereocenters. The first-order chi connectivity index (χ1) is 8.68. The zero-order valence-electron chi connectivity index (χ0n) is 10.5. The molecule has 3 nitrogen and oxygen atoms in total. The Hall–Kier alpha value is -1.82. The van der Waals surface area contributed by atoms with Crippen molar-refractivity contribution in [3.63, 3.8) is 0 Å². The summed E-state index contributed by atoms with van der Waals surface area (Å²) in [4.78, 5) is 14.4. The van der Waals surface area contributed by atoms with Crippen LogP contribution in [0, 0.1) is 16.7 Å². The van der Waals surface area contributed by atoms with E-state index in [0.29, 0.717) is 12.8 Å². The van der Waals surface area contributed by atoms with Crippen molar-refractivity contribution in [1.29, 1.82) is 5.26 Å². The third-order valence-corrected chi connectivity index (χ3v) is 4.12. The Morgan fingerprint density at radius 1 is 1.44 bits per heavy atom. The molecule has 0 aromatic heterocycles. The zero-order valence-corrected chi connectivity index (χ0v) is 10.5. The van der Waals surface area contributed by atoms with E-state index in [1.807, 2.05) is 23.1 Å². The molecule has 3 rings (SSSR count). The highest BCUT2D eigenvalue weighted by atomic mass is 16.2. The van der Waals surface area contributed by atoms with Gasteiger partial charge in [0, 0.05) is 11.7 Å². The normalized spacial score (nSPS) is 24.0. The van der Waals surface area contributed by atoms with E-state index >= 15 is 0 Å². The molecular formula is C15H16N2O. The molecule has 92 valence electrons. The third-order valence-electron chi connectivity index (χ3n) is 4.12. The molecule has 0 saturated heterocycles. The second kappa shape index (κ2) is 3.84. The zero-order chi connectivity index (χ0) is 12.8. The first-order valence-electron chi connectivity index (χ1n) is 6.51. The highest BCUT2D eigenvalue weighted by Gasteiger charge is 2.54. The second-order valence-corrected chi connectivity index (χ2v) is 5.39. The van der Waals surface area contributed by atoms with Gasteiger partial charge in [0.15, 0.2) is 0 Å². The van der Waals surface area contributed by atoms with Crippen LogP contribution in [0.15, 0.2) is 24.3 Å². The van der Waals surface area contributed by atoms with Crippen LogP contribution in [0.1, 0.15) is 31.7 Å². The topological polar surface area (TPSA) is 44.1 Å². The lowest BCUT2D eigenvalue weighted by Gasteiger charge is -2.36. The number of amides is 1. The van der Waals surface area contributed by atoms with Gasteiger partial charge in [-0.1, -0.05) is 18.2 Å². The molecule has 1 unspecified atom stereocenters. The first kappa shape index (κ1) is 11.3. The molecule has 0 bridgehead atoms. The summed E-state index contributed by atoms with van der Waals surface area (Å²) in [7, 11) is 0. The number of anilines is 1. The number of nitrogens with zero attached hydrogens (tertiary/aromatic N) is 2. The predicted octanol–water partition coefficient (Wildman–Crippen LogP) is 2.66. The number of carbonyl (C=O) groups excluding carboxylic acids is 1. The van der Waals surface area contributed by atoms with Gasteiger partial charge in [-0.3, -0.25) is 4.79 Å². The average Bonchev–Trinajstić information content (AvgIpc) is 3.19. The minimum Gasteiger partial charge on any atom is -0.308 e. The summed E-state index contributed by atoms with van der Waals surface area (Å²) >= 11 is 0. The standard InChI is InChI=1S/C15H16N2O/c1-11-6-7-12-4-2-3-5-13(12)17(11)14(18)15(10-16)8-9-15/h2-5,11H,6-9H2,1H3. The van der Waals surface area contributed by atoms with Gasteiger partial charge in [0.2, 0.25) is 5.91 Å². The molecule has 1 aliphatic carbocycles. The fourth-order valence-electron chi connectivity index (χ4n) is 2.73. The van der Waals surface area contributed by atoms with Crippen molar-refractivity contribution in [3.05, 3.63) is 29.8 Å². The van der Waals surface area contributed by atoms with Crippen molar-refractivity contribution in [3.8, 4) is 6.07 Å². The van der Waals surface area contributed by atoms with Gasteiger partial charge in [0.25, 0.3) is 0 Å². The van der Waals surface area contributed by atoms with Crippen LogP contribution in [0.5, 0.6) is 0 Å². The number of benzene rings is 1. The van der Waals surface area contributed by atoms with Crippen LogP contribution in [0.3, 0.4) is 0 Å². The van der Waals surface area contributed by atoms with Gasteiger partial charge >= 0.3 is 0 Å². The summed E-state index contributed by atoms with van der Waals surface area (Å²) in [5.41, 5.74) is 1.50. The van der Waals surface area contributed by atoms with Crippen LogP contribution in [-0.2, 0) is 11.2 Å². The maximum Gasteiger partial charge on any atom is 0.247 e. The highest BCUT2D eigenvalue weighted by molar-refractivity contribution is 6.02. The number of hydrogen-bond donors (Lipinski definition) is 0. The molecule has 1 saturated carbocycles. The molecule has 1 aromatic rings. The molecule has 1 fully saturated rings. The smallest absolute Gasteiger partial charge is 0.247 e. The van der Waals surface area contributed by atoms with Crippen LogP contribution < -0.4 is 4.90 Å². The van der Waals surface area contributed by atoms with Gasteiger partial charge in [-0.15, -0.1) is 0 Å². The molecule has 0 radical (unpaired) electrons. The SMILES string of the molecule is CC1CCc2ccccc2N1C(=O)C1(C#N)CC1. The lowest BCUT2D eigenvalue weighted by Crippen LogP contribution is -2.45. The number of para-hydroxylation sites is 1. The minimum absolute atomic E-state index is 0.00431. The van der Waals surface area contributed by atoms with Crippen molar-refractivity contribution < 1.29 is 4.79 Å². The summed E-state index contributed by atoms with van der Waals surface area (Å²) < 4.78 is 0. The molecule has 18 heavy (non-hydrogen) atoms. The van der Waals surface area contributed by atoms with Crippen molar-refractivity contribution in [2.75, 3.05) is 4.90 Å². The molecule has 1 amide bonds. The first-order valence-corrected chi connectivity index (χ1v) is 6.51. The van der Waals surface area contributed by atoms with E-state index in [4.69, 9.17) is 0 Å². The van der Waals surface area contributed by atoms with Crippen LogP contribution >= 0.6 is 0 Å². The predicted molar refractivity (Wildman–Crippen MR) is 69.0 cm³/mol. The van der Waals surface area contributed by atoms with Crippen molar-refractivity contribution >= 4 is 11.6 Å². The van der Waals surface area contributed by atoms with E-state index in [2.05, 4.69) is 19.1 Å². The van der Waals surface area contributed by atoms with Crippen LogP contribution in [0.4, 0.5) is 5.69 Å². The summed E-state index contributed by atoms with van der Waals surface area (Å²) in [6.45, 7) is 2.07. The maximum absolute atomic E-state index is 12.6. The van der Waals surface area contributed by atoms with Crippen molar-refractivity contribution in [2.24, 2.45) is 5.41 Å². The van der Waals surface area contributed by atoms with E-state index in [9.17, 15) is 10.1 Å². The molecule has 3 heteroatoms. The fraction of sp³-hybridized carbons (Fsp3) is 0.467. The molecule has 1 heterocycles. The van der Waals surface area contributed by atoms with Gasteiger partial charge in [0.1, 0.15) is 5.41 Å². The lowest BCUT2D eigenvalue weighted by molar-refractivity contribution is -0.122. The van der Waals surface area contributed by atoms with Gasteiger partial charge in [-0.05, 0) is 44.2 Å².